The van der Waals surface area contributed by atoms with Gasteiger partial charge in [-0.15, -0.1) is 33.3 Å². The van der Waals surface area contributed by atoms with Crippen LogP contribution in [0.2, 0.25) is 0 Å². The van der Waals surface area contributed by atoms with E-state index >= 15 is 0 Å². The number of fused-ring (bicyclic) bond motifs is 1. The van der Waals surface area contributed by atoms with Crippen molar-refractivity contribution in [3.05, 3.63) is 34.8 Å². The minimum atomic E-state index is 0.945. The third-order valence-corrected chi connectivity index (χ3v) is 5.47. The number of nitrogens with zero attached hydrogens (tertiary/aromatic N) is 3. The second-order valence-corrected chi connectivity index (χ2v) is 7.62. The lowest BCUT2D eigenvalue weighted by molar-refractivity contribution is 0.890. The molecular weight excluding hydrogens is 310 g/mol. The van der Waals surface area contributed by atoms with Gasteiger partial charge in [0.05, 0.1) is 9.71 Å². The molecule has 2 heterocycles. The Bertz CT molecular complexity index is 778. The first kappa shape index (κ1) is 15.4. The molecule has 3 nitrogen and oxygen atoms in total. The van der Waals surface area contributed by atoms with Gasteiger partial charge in [0.15, 0.2) is 0 Å². The fourth-order valence-corrected chi connectivity index (χ4v) is 4.23. The van der Waals surface area contributed by atoms with Gasteiger partial charge in [0.25, 0.3) is 0 Å². The average Bonchev–Trinajstić information content (AvgIpc) is 2.90. The fraction of sp³-hybridized carbons (Fsp3) is 0.353. The van der Waals surface area contributed by atoms with Crippen molar-refractivity contribution in [2.75, 3.05) is 5.75 Å². The first-order chi connectivity index (χ1) is 10.7. The molecule has 0 atom stereocenters. The molecule has 0 saturated carbocycles. The number of rotatable bonds is 5. The van der Waals surface area contributed by atoms with E-state index in [2.05, 4.69) is 48.3 Å². The molecule has 0 saturated heterocycles. The van der Waals surface area contributed by atoms with Crippen LogP contribution in [0.4, 0.5) is 0 Å². The SMILES string of the molecule is CCCCSc1nnc(-c2ccc(C)cc2)c2sc(C)nc12. The normalized spacial score (nSPS) is 11.2. The lowest BCUT2D eigenvalue weighted by Gasteiger charge is -2.05. The van der Waals surface area contributed by atoms with Crippen molar-refractivity contribution in [3.63, 3.8) is 0 Å². The zero-order chi connectivity index (χ0) is 15.5. The van der Waals surface area contributed by atoms with Crippen LogP contribution in [0, 0.1) is 13.8 Å². The van der Waals surface area contributed by atoms with Gasteiger partial charge in [-0.1, -0.05) is 43.2 Å². The van der Waals surface area contributed by atoms with Gasteiger partial charge in [0.1, 0.15) is 16.2 Å². The quantitative estimate of drug-likeness (QED) is 0.472. The van der Waals surface area contributed by atoms with Crippen LogP contribution in [0.5, 0.6) is 0 Å². The highest BCUT2D eigenvalue weighted by Crippen LogP contribution is 2.35. The summed E-state index contributed by atoms with van der Waals surface area (Å²) >= 11 is 3.47. The van der Waals surface area contributed by atoms with Crippen molar-refractivity contribution in [1.29, 1.82) is 0 Å². The molecule has 0 aliphatic carbocycles. The largest absolute Gasteiger partial charge is 0.238 e. The Labute approximate surface area is 139 Å². The second-order valence-electron chi connectivity index (χ2n) is 5.33. The number of thiazole rings is 1. The van der Waals surface area contributed by atoms with Crippen molar-refractivity contribution in [3.8, 4) is 11.3 Å². The van der Waals surface area contributed by atoms with Crippen molar-refractivity contribution < 1.29 is 0 Å². The van der Waals surface area contributed by atoms with Crippen LogP contribution in [-0.2, 0) is 0 Å². The van der Waals surface area contributed by atoms with Crippen LogP contribution in [0.25, 0.3) is 21.5 Å². The summed E-state index contributed by atoms with van der Waals surface area (Å²) < 4.78 is 1.15. The molecule has 0 aliphatic rings. The Balaban J connectivity index is 2.05. The van der Waals surface area contributed by atoms with E-state index in [0.717, 1.165) is 37.3 Å². The molecular formula is C17H19N3S2. The molecule has 22 heavy (non-hydrogen) atoms. The van der Waals surface area contributed by atoms with Gasteiger partial charge >= 0.3 is 0 Å². The van der Waals surface area contributed by atoms with Gasteiger partial charge < -0.3 is 0 Å². The molecule has 0 radical (unpaired) electrons. The summed E-state index contributed by atoms with van der Waals surface area (Å²) in [5.74, 6) is 1.07. The zero-order valence-corrected chi connectivity index (χ0v) is 14.7. The third kappa shape index (κ3) is 3.15. The number of unbranched alkanes of at least 4 members (excludes halogenated alkanes) is 1. The van der Waals surface area contributed by atoms with Crippen LogP contribution < -0.4 is 0 Å². The number of hydrogen-bond donors (Lipinski definition) is 0. The minimum Gasteiger partial charge on any atom is -0.238 e. The molecule has 1 aromatic carbocycles. The lowest BCUT2D eigenvalue weighted by atomic mass is 10.1. The predicted molar refractivity (Wildman–Crippen MR) is 95.8 cm³/mol. The van der Waals surface area contributed by atoms with E-state index in [1.165, 1.54) is 18.4 Å². The van der Waals surface area contributed by atoms with E-state index in [-0.39, 0.29) is 0 Å². The minimum absolute atomic E-state index is 0.945. The van der Waals surface area contributed by atoms with Gasteiger partial charge in [0, 0.05) is 5.56 Å². The summed E-state index contributed by atoms with van der Waals surface area (Å²) in [4.78, 5) is 4.69. The van der Waals surface area contributed by atoms with Gasteiger partial charge in [-0.25, -0.2) is 4.98 Å². The average molecular weight is 329 g/mol. The van der Waals surface area contributed by atoms with E-state index in [4.69, 9.17) is 4.98 Å². The molecule has 0 aliphatic heterocycles. The van der Waals surface area contributed by atoms with E-state index in [0.29, 0.717) is 0 Å². The highest BCUT2D eigenvalue weighted by molar-refractivity contribution is 7.99. The highest BCUT2D eigenvalue weighted by atomic mass is 32.2. The van der Waals surface area contributed by atoms with E-state index in [1.807, 2.05) is 6.92 Å². The lowest BCUT2D eigenvalue weighted by Crippen LogP contribution is -1.93. The third-order valence-electron chi connectivity index (χ3n) is 3.45. The van der Waals surface area contributed by atoms with Gasteiger partial charge in [-0.2, -0.15) is 0 Å². The Morgan fingerprint density at radius 2 is 1.86 bits per heavy atom. The number of hydrogen-bond acceptors (Lipinski definition) is 5. The summed E-state index contributed by atoms with van der Waals surface area (Å²) in [6.07, 6.45) is 2.39. The summed E-state index contributed by atoms with van der Waals surface area (Å²) in [7, 11) is 0. The van der Waals surface area contributed by atoms with Crippen LogP contribution >= 0.6 is 23.1 Å². The summed E-state index contributed by atoms with van der Waals surface area (Å²) in [5, 5.41) is 11.0. The number of benzene rings is 1. The summed E-state index contributed by atoms with van der Waals surface area (Å²) in [6, 6.07) is 8.44. The number of aromatic nitrogens is 3. The maximum atomic E-state index is 4.69. The van der Waals surface area contributed by atoms with Crippen molar-refractivity contribution in [2.45, 2.75) is 38.6 Å². The molecule has 0 amide bonds. The van der Waals surface area contributed by atoms with Crippen molar-refractivity contribution in [2.24, 2.45) is 0 Å². The molecule has 0 N–H and O–H groups in total. The Morgan fingerprint density at radius 1 is 1.09 bits per heavy atom. The van der Waals surface area contributed by atoms with Gasteiger partial charge in [-0.05, 0) is 26.0 Å². The van der Waals surface area contributed by atoms with Crippen LogP contribution in [0.1, 0.15) is 30.3 Å². The fourth-order valence-electron chi connectivity index (χ4n) is 2.23. The molecule has 2 aromatic heterocycles. The first-order valence-corrected chi connectivity index (χ1v) is 9.33. The molecule has 3 aromatic rings. The molecule has 0 bridgehead atoms. The van der Waals surface area contributed by atoms with Crippen LogP contribution in [-0.4, -0.2) is 20.9 Å². The van der Waals surface area contributed by atoms with E-state index < -0.39 is 0 Å². The molecule has 0 spiro atoms. The summed E-state index contributed by atoms with van der Waals surface area (Å²) in [5.41, 5.74) is 4.31. The molecule has 0 fully saturated rings. The molecule has 5 heteroatoms. The number of thioether (sulfide) groups is 1. The Kier molecular flexibility index (Phi) is 4.74. The predicted octanol–water partition coefficient (Wildman–Crippen LogP) is 5.26. The van der Waals surface area contributed by atoms with Gasteiger partial charge in [-0.3, -0.25) is 0 Å². The Hall–Kier alpha value is -1.46. The standard InChI is InChI=1S/C17H19N3S2/c1-4-5-10-21-17-15-16(22-12(3)18-15)14(19-20-17)13-8-6-11(2)7-9-13/h6-9H,4-5,10H2,1-3H3. The van der Waals surface area contributed by atoms with Crippen LogP contribution in [0.15, 0.2) is 29.3 Å². The monoisotopic (exact) mass is 329 g/mol. The van der Waals surface area contributed by atoms with E-state index in [9.17, 15) is 0 Å². The maximum Gasteiger partial charge on any atom is 0.146 e. The molecule has 0 unspecified atom stereocenters. The van der Waals surface area contributed by atoms with E-state index in [1.54, 1.807) is 23.1 Å². The maximum absolute atomic E-state index is 4.69. The topological polar surface area (TPSA) is 38.7 Å². The van der Waals surface area contributed by atoms with Crippen LogP contribution in [0.3, 0.4) is 0 Å². The molecule has 3 rings (SSSR count). The molecule has 114 valence electrons. The van der Waals surface area contributed by atoms with Crippen molar-refractivity contribution >= 4 is 33.3 Å². The second kappa shape index (κ2) is 6.75. The van der Waals surface area contributed by atoms with Crippen molar-refractivity contribution in [1.82, 2.24) is 15.2 Å². The smallest absolute Gasteiger partial charge is 0.146 e. The number of aryl methyl sites for hydroxylation is 2. The van der Waals surface area contributed by atoms with Gasteiger partial charge in [0.2, 0.25) is 0 Å². The summed E-state index contributed by atoms with van der Waals surface area (Å²) in [6.45, 7) is 6.34. The Morgan fingerprint density at radius 3 is 2.59 bits per heavy atom. The highest BCUT2D eigenvalue weighted by Gasteiger charge is 2.15. The zero-order valence-electron chi connectivity index (χ0n) is 13.1. The first-order valence-electron chi connectivity index (χ1n) is 7.52.